The first-order valence-electron chi connectivity index (χ1n) is 8.69. The van der Waals surface area contributed by atoms with E-state index in [0.717, 1.165) is 19.1 Å². The van der Waals surface area contributed by atoms with Crippen LogP contribution in [0, 0.1) is 0 Å². The minimum Gasteiger partial charge on any atom is -0.492 e. The highest BCUT2D eigenvalue weighted by molar-refractivity contribution is 14.0. The average Bonchev–Trinajstić information content (AvgIpc) is 2.79. The molecule has 2 rings (SSSR count). The van der Waals surface area contributed by atoms with Crippen LogP contribution < -0.4 is 20.5 Å². The van der Waals surface area contributed by atoms with Crippen molar-refractivity contribution in [3.8, 4) is 5.75 Å². The van der Waals surface area contributed by atoms with Gasteiger partial charge in [-0.1, -0.05) is 31.7 Å². The largest absolute Gasteiger partial charge is 0.492 e. The molecule has 0 spiro atoms. The van der Waals surface area contributed by atoms with Crippen LogP contribution in [-0.2, 0) is 10.0 Å². The minimum absolute atomic E-state index is 0. The van der Waals surface area contributed by atoms with Gasteiger partial charge in [0.25, 0.3) is 0 Å². The second-order valence-corrected chi connectivity index (χ2v) is 8.10. The van der Waals surface area contributed by atoms with Crippen LogP contribution in [0.25, 0.3) is 0 Å². The Morgan fingerprint density at radius 2 is 1.96 bits per heavy atom. The summed E-state index contributed by atoms with van der Waals surface area (Å²) in [5.74, 6) is 1.04. The highest BCUT2D eigenvalue weighted by Crippen LogP contribution is 2.18. The van der Waals surface area contributed by atoms with Crippen molar-refractivity contribution in [3.63, 3.8) is 0 Å². The first kappa shape index (κ1) is 22.8. The first-order chi connectivity index (χ1) is 11.9. The van der Waals surface area contributed by atoms with E-state index in [1.807, 2.05) is 0 Å². The molecule has 0 radical (unpaired) electrons. The maximum Gasteiger partial charge on any atom is 0.229 e. The quantitative estimate of drug-likeness (QED) is 0.177. The normalized spacial score (nSPS) is 16.3. The van der Waals surface area contributed by atoms with Gasteiger partial charge in [-0.05, 0) is 25.0 Å². The van der Waals surface area contributed by atoms with E-state index in [1.54, 1.807) is 24.3 Å². The second kappa shape index (κ2) is 11.5. The van der Waals surface area contributed by atoms with Crippen molar-refractivity contribution in [1.29, 1.82) is 0 Å². The number of anilines is 1. The fourth-order valence-corrected chi connectivity index (χ4v) is 3.43. The molecular weight excluding hydrogens is 467 g/mol. The van der Waals surface area contributed by atoms with Crippen LogP contribution in [0.3, 0.4) is 0 Å². The summed E-state index contributed by atoms with van der Waals surface area (Å²) in [6.45, 7) is 0.810. The Hall–Kier alpha value is -1.23. The van der Waals surface area contributed by atoms with Crippen LogP contribution in [0.15, 0.2) is 29.3 Å². The molecule has 0 aliphatic heterocycles. The summed E-state index contributed by atoms with van der Waals surface area (Å²) in [5, 5.41) is 3.29. The highest BCUT2D eigenvalue weighted by atomic mass is 127. The number of rotatable bonds is 7. The monoisotopic (exact) mass is 496 g/mol. The van der Waals surface area contributed by atoms with E-state index >= 15 is 0 Å². The molecule has 0 aromatic heterocycles. The standard InChI is InChI=1S/C17H28N4O3S.HI/c1-25(22,23)21-15-9-6-10-16(13-15)24-12-11-19-17(18)20-14-7-4-2-3-5-8-14;/h6,9-10,13-14,21H,2-5,7-8,11-12H2,1H3,(H3,18,19,20);1H. The zero-order valence-electron chi connectivity index (χ0n) is 15.1. The summed E-state index contributed by atoms with van der Waals surface area (Å²) in [6, 6.07) is 7.22. The summed E-state index contributed by atoms with van der Waals surface area (Å²) >= 11 is 0. The summed E-state index contributed by atoms with van der Waals surface area (Å²) in [4.78, 5) is 4.29. The molecule has 26 heavy (non-hydrogen) atoms. The lowest BCUT2D eigenvalue weighted by atomic mass is 10.1. The van der Waals surface area contributed by atoms with Crippen LogP contribution in [0.4, 0.5) is 5.69 Å². The number of hydrogen-bond acceptors (Lipinski definition) is 4. The van der Waals surface area contributed by atoms with E-state index in [-0.39, 0.29) is 24.0 Å². The van der Waals surface area contributed by atoms with Crippen molar-refractivity contribution in [2.45, 2.75) is 44.6 Å². The maximum absolute atomic E-state index is 11.2. The fraction of sp³-hybridized carbons (Fsp3) is 0.588. The zero-order chi connectivity index (χ0) is 18.1. The van der Waals surface area contributed by atoms with Gasteiger partial charge in [0.15, 0.2) is 5.96 Å². The number of aliphatic imine (C=N–C) groups is 1. The average molecular weight is 496 g/mol. The number of ether oxygens (including phenoxy) is 1. The third-order valence-electron chi connectivity index (χ3n) is 3.99. The minimum atomic E-state index is -3.30. The highest BCUT2D eigenvalue weighted by Gasteiger charge is 2.12. The SMILES string of the molecule is CS(=O)(=O)Nc1cccc(OCCN=C(N)NC2CCCCCC2)c1.I. The van der Waals surface area contributed by atoms with Crippen molar-refractivity contribution in [2.75, 3.05) is 24.1 Å². The lowest BCUT2D eigenvalue weighted by molar-refractivity contribution is 0.328. The van der Waals surface area contributed by atoms with Gasteiger partial charge in [-0.3, -0.25) is 4.72 Å². The summed E-state index contributed by atoms with van der Waals surface area (Å²) in [6.07, 6.45) is 8.49. The number of nitrogens with two attached hydrogens (primary N) is 1. The van der Waals surface area contributed by atoms with E-state index in [0.29, 0.717) is 36.6 Å². The number of guanidine groups is 1. The molecule has 1 saturated carbocycles. The van der Waals surface area contributed by atoms with Crippen LogP contribution in [0.2, 0.25) is 0 Å². The molecule has 0 heterocycles. The van der Waals surface area contributed by atoms with Crippen LogP contribution in [0.5, 0.6) is 5.75 Å². The zero-order valence-corrected chi connectivity index (χ0v) is 18.3. The van der Waals surface area contributed by atoms with Crippen LogP contribution >= 0.6 is 24.0 Å². The molecular formula is C17H29IN4O3S. The van der Waals surface area contributed by atoms with Crippen molar-refractivity contribution in [3.05, 3.63) is 24.3 Å². The van der Waals surface area contributed by atoms with E-state index in [9.17, 15) is 8.42 Å². The van der Waals surface area contributed by atoms with Gasteiger partial charge in [0.2, 0.25) is 10.0 Å². The van der Waals surface area contributed by atoms with E-state index < -0.39 is 10.0 Å². The smallest absolute Gasteiger partial charge is 0.229 e. The molecule has 0 amide bonds. The molecule has 1 aromatic carbocycles. The van der Waals surface area contributed by atoms with Gasteiger partial charge in [-0.2, -0.15) is 0 Å². The van der Waals surface area contributed by atoms with Gasteiger partial charge in [0.05, 0.1) is 18.5 Å². The van der Waals surface area contributed by atoms with Gasteiger partial charge >= 0.3 is 0 Å². The van der Waals surface area contributed by atoms with Crippen LogP contribution in [0.1, 0.15) is 38.5 Å². The lowest BCUT2D eigenvalue weighted by Crippen LogP contribution is -2.40. The van der Waals surface area contributed by atoms with Crippen molar-refractivity contribution in [1.82, 2.24) is 5.32 Å². The maximum atomic E-state index is 11.2. The molecule has 9 heteroatoms. The number of sulfonamides is 1. The van der Waals surface area contributed by atoms with E-state index in [4.69, 9.17) is 10.5 Å². The van der Waals surface area contributed by atoms with E-state index in [2.05, 4.69) is 15.0 Å². The number of halogens is 1. The van der Waals surface area contributed by atoms with Crippen molar-refractivity contribution in [2.24, 2.45) is 10.7 Å². The van der Waals surface area contributed by atoms with Gasteiger partial charge in [0, 0.05) is 12.1 Å². The Balaban J connectivity index is 0.00000338. The summed E-state index contributed by atoms with van der Waals surface area (Å²) in [7, 11) is -3.30. The predicted octanol–water partition coefficient (Wildman–Crippen LogP) is 2.68. The van der Waals surface area contributed by atoms with Gasteiger partial charge < -0.3 is 15.8 Å². The number of hydrogen-bond donors (Lipinski definition) is 3. The Bertz CT molecular complexity index is 674. The molecule has 0 atom stereocenters. The molecule has 1 aromatic rings. The van der Waals surface area contributed by atoms with Gasteiger partial charge in [-0.15, -0.1) is 24.0 Å². The molecule has 4 N–H and O–H groups in total. The number of nitrogens with one attached hydrogen (secondary N) is 2. The molecule has 1 aliphatic carbocycles. The first-order valence-corrected chi connectivity index (χ1v) is 10.6. The van der Waals surface area contributed by atoms with Gasteiger partial charge in [-0.25, -0.2) is 13.4 Å². The van der Waals surface area contributed by atoms with Gasteiger partial charge in [0.1, 0.15) is 12.4 Å². The Labute approximate surface area is 173 Å². The summed E-state index contributed by atoms with van der Waals surface area (Å²) in [5.41, 5.74) is 6.41. The predicted molar refractivity (Wildman–Crippen MR) is 117 cm³/mol. The van der Waals surface area contributed by atoms with Crippen LogP contribution in [-0.4, -0.2) is 39.8 Å². The number of nitrogens with zero attached hydrogens (tertiary/aromatic N) is 1. The Kier molecular flexibility index (Phi) is 10.1. The van der Waals surface area contributed by atoms with E-state index in [1.165, 1.54) is 25.7 Å². The third-order valence-corrected chi connectivity index (χ3v) is 4.59. The summed E-state index contributed by atoms with van der Waals surface area (Å²) < 4.78 is 30.5. The molecule has 0 unspecified atom stereocenters. The Morgan fingerprint density at radius 3 is 2.62 bits per heavy atom. The molecule has 0 saturated heterocycles. The second-order valence-electron chi connectivity index (χ2n) is 6.35. The van der Waals surface area contributed by atoms with Crippen molar-refractivity contribution >= 4 is 45.6 Å². The fourth-order valence-electron chi connectivity index (χ4n) is 2.87. The molecule has 1 aliphatic rings. The molecule has 0 bridgehead atoms. The topological polar surface area (TPSA) is 106 Å². The molecule has 7 nitrogen and oxygen atoms in total. The number of benzene rings is 1. The molecule has 1 fully saturated rings. The Morgan fingerprint density at radius 1 is 1.27 bits per heavy atom. The molecule has 148 valence electrons. The van der Waals surface area contributed by atoms with Crippen molar-refractivity contribution < 1.29 is 13.2 Å². The third kappa shape index (κ3) is 9.46. The lowest BCUT2D eigenvalue weighted by Gasteiger charge is -2.16.